The molecule has 0 saturated heterocycles. The molecule has 0 fully saturated rings. The van der Waals surface area contributed by atoms with Gasteiger partial charge >= 0.3 is 4.87 Å². The first-order chi connectivity index (χ1) is 14.4. The lowest BCUT2D eigenvalue weighted by Gasteiger charge is -2.15. The summed E-state index contributed by atoms with van der Waals surface area (Å²) in [5.74, 6) is 1.62. The van der Waals surface area contributed by atoms with E-state index in [2.05, 4.69) is 15.1 Å². The van der Waals surface area contributed by atoms with Crippen LogP contribution >= 0.6 is 11.3 Å². The molecule has 11 heteroatoms. The topological polar surface area (TPSA) is 120 Å². The second-order valence-corrected chi connectivity index (χ2v) is 7.99. The van der Waals surface area contributed by atoms with E-state index in [1.807, 2.05) is 13.8 Å². The van der Waals surface area contributed by atoms with E-state index in [9.17, 15) is 9.59 Å². The Bertz CT molecular complexity index is 1430. The van der Waals surface area contributed by atoms with Crippen LogP contribution in [0.2, 0.25) is 0 Å². The number of benzene rings is 1. The van der Waals surface area contributed by atoms with Crippen molar-refractivity contribution in [1.82, 2.24) is 19.7 Å². The number of pyridine rings is 1. The Kier molecular flexibility index (Phi) is 4.03. The Morgan fingerprint density at radius 3 is 2.67 bits per heavy atom. The van der Waals surface area contributed by atoms with E-state index in [1.165, 1.54) is 14.2 Å². The van der Waals surface area contributed by atoms with Crippen LogP contribution in [0.3, 0.4) is 0 Å². The van der Waals surface area contributed by atoms with Crippen LogP contribution in [0.1, 0.15) is 19.9 Å². The molecule has 2 N–H and O–H groups in total. The van der Waals surface area contributed by atoms with Crippen molar-refractivity contribution in [3.8, 4) is 34.1 Å². The fourth-order valence-corrected chi connectivity index (χ4v) is 4.59. The first-order valence-electron chi connectivity index (χ1n) is 9.16. The maximum atomic E-state index is 13.0. The Balaban J connectivity index is 2.01. The van der Waals surface area contributed by atoms with Crippen LogP contribution in [0, 0.1) is 0 Å². The number of H-pyrrole nitrogens is 2. The third-order valence-corrected chi connectivity index (χ3v) is 5.89. The van der Waals surface area contributed by atoms with Crippen LogP contribution in [0.15, 0.2) is 15.7 Å². The molecule has 0 aliphatic carbocycles. The Morgan fingerprint density at radius 1 is 1.20 bits per heavy atom. The van der Waals surface area contributed by atoms with Crippen molar-refractivity contribution in [3.63, 3.8) is 0 Å². The number of ether oxygens (including phenoxy) is 4. The molecule has 30 heavy (non-hydrogen) atoms. The number of aromatic nitrogens is 4. The third kappa shape index (κ3) is 2.45. The van der Waals surface area contributed by atoms with E-state index in [0.29, 0.717) is 55.5 Å². The van der Waals surface area contributed by atoms with E-state index in [0.717, 1.165) is 11.3 Å². The SMILES string of the molecule is COc1cc(-c2c3sc(=O)[nH]c3nc3c2c(=O)[nH]n3C(C)C)c(OC)c2c1OCO2. The third-order valence-electron chi connectivity index (χ3n) is 5.00. The number of thiazole rings is 1. The lowest BCUT2D eigenvalue weighted by molar-refractivity contribution is 0.168. The molecular weight excluding hydrogens is 412 g/mol. The molecule has 0 saturated carbocycles. The van der Waals surface area contributed by atoms with E-state index >= 15 is 0 Å². The number of nitrogens with zero attached hydrogens (tertiary/aromatic N) is 2. The molecule has 0 unspecified atom stereocenters. The average molecular weight is 430 g/mol. The first-order valence-corrected chi connectivity index (χ1v) is 9.98. The van der Waals surface area contributed by atoms with Gasteiger partial charge in [0.1, 0.15) is 0 Å². The highest BCUT2D eigenvalue weighted by Crippen LogP contribution is 2.54. The molecule has 0 bridgehead atoms. The molecule has 3 aromatic heterocycles. The van der Waals surface area contributed by atoms with E-state index in [-0.39, 0.29) is 23.3 Å². The minimum atomic E-state index is -0.317. The number of methoxy groups -OCH3 is 2. The van der Waals surface area contributed by atoms with Gasteiger partial charge in [0.25, 0.3) is 5.56 Å². The predicted molar refractivity (Wildman–Crippen MR) is 111 cm³/mol. The molecule has 4 aromatic rings. The zero-order chi connectivity index (χ0) is 21.2. The van der Waals surface area contributed by atoms with E-state index in [4.69, 9.17) is 18.9 Å². The van der Waals surface area contributed by atoms with Crippen LogP contribution < -0.4 is 29.4 Å². The largest absolute Gasteiger partial charge is 0.493 e. The second-order valence-electron chi connectivity index (χ2n) is 7.01. The molecule has 1 aromatic carbocycles. The fraction of sp³-hybridized carbons (Fsp3) is 0.316. The normalized spacial score (nSPS) is 13.0. The van der Waals surface area contributed by atoms with Crippen LogP contribution in [0.4, 0.5) is 0 Å². The quantitative estimate of drug-likeness (QED) is 0.511. The maximum absolute atomic E-state index is 13.0. The lowest BCUT2D eigenvalue weighted by Crippen LogP contribution is -2.08. The van der Waals surface area contributed by atoms with Crippen molar-refractivity contribution in [3.05, 3.63) is 26.1 Å². The Labute approximate surface area is 172 Å². The Hall–Kier alpha value is -3.47. The highest BCUT2D eigenvalue weighted by molar-refractivity contribution is 7.17. The number of fused-ring (bicyclic) bond motifs is 3. The van der Waals surface area contributed by atoms with Gasteiger partial charge < -0.3 is 18.9 Å². The number of hydrogen-bond acceptors (Lipinski definition) is 8. The van der Waals surface area contributed by atoms with Gasteiger partial charge in [-0.3, -0.25) is 24.4 Å². The number of aromatic amines is 2. The predicted octanol–water partition coefficient (Wildman–Crippen LogP) is 2.62. The molecule has 0 amide bonds. The highest BCUT2D eigenvalue weighted by atomic mass is 32.1. The molecule has 1 aliphatic rings. The van der Waals surface area contributed by atoms with Gasteiger partial charge in [-0.2, -0.15) is 0 Å². The van der Waals surface area contributed by atoms with Crippen LogP contribution in [0.5, 0.6) is 23.0 Å². The summed E-state index contributed by atoms with van der Waals surface area (Å²) in [7, 11) is 3.02. The van der Waals surface area contributed by atoms with Crippen molar-refractivity contribution in [1.29, 1.82) is 0 Å². The zero-order valence-electron chi connectivity index (χ0n) is 16.6. The summed E-state index contributed by atoms with van der Waals surface area (Å²) in [6.45, 7) is 3.89. The molecule has 156 valence electrons. The van der Waals surface area contributed by atoms with Gasteiger partial charge in [-0.1, -0.05) is 11.3 Å². The van der Waals surface area contributed by atoms with Gasteiger partial charge in [0.05, 0.1) is 24.3 Å². The summed E-state index contributed by atoms with van der Waals surface area (Å²) >= 11 is 0.977. The minimum Gasteiger partial charge on any atom is -0.493 e. The molecule has 5 rings (SSSR count). The van der Waals surface area contributed by atoms with Gasteiger partial charge in [0, 0.05) is 17.2 Å². The van der Waals surface area contributed by atoms with Gasteiger partial charge in [0.15, 0.2) is 22.8 Å². The number of hydrogen-bond donors (Lipinski definition) is 2. The van der Waals surface area contributed by atoms with Gasteiger partial charge in [0.2, 0.25) is 18.3 Å². The smallest absolute Gasteiger partial charge is 0.306 e. The molecule has 4 heterocycles. The monoisotopic (exact) mass is 430 g/mol. The lowest BCUT2D eigenvalue weighted by atomic mass is 10.0. The molecular formula is C19H18N4O6S. The van der Waals surface area contributed by atoms with Crippen molar-refractivity contribution in [2.75, 3.05) is 21.0 Å². The van der Waals surface area contributed by atoms with E-state index < -0.39 is 0 Å². The summed E-state index contributed by atoms with van der Waals surface area (Å²) < 4.78 is 24.5. The van der Waals surface area contributed by atoms with E-state index in [1.54, 1.807) is 10.7 Å². The first kappa shape index (κ1) is 18.6. The molecule has 10 nitrogen and oxygen atoms in total. The molecule has 0 radical (unpaired) electrons. The minimum absolute atomic E-state index is 0.0223. The van der Waals surface area contributed by atoms with Crippen LogP contribution in [-0.4, -0.2) is 40.8 Å². The molecule has 0 spiro atoms. The number of nitrogens with one attached hydrogen (secondary N) is 2. The van der Waals surface area contributed by atoms with Crippen molar-refractivity contribution < 1.29 is 18.9 Å². The van der Waals surface area contributed by atoms with Gasteiger partial charge in [-0.25, -0.2) is 4.98 Å². The number of rotatable bonds is 4. The molecule has 1 aliphatic heterocycles. The summed E-state index contributed by atoms with van der Waals surface area (Å²) in [5.41, 5.74) is 1.57. The molecule has 0 atom stereocenters. The highest BCUT2D eigenvalue weighted by Gasteiger charge is 2.31. The summed E-state index contributed by atoms with van der Waals surface area (Å²) in [6.07, 6.45) is 0. The van der Waals surface area contributed by atoms with Gasteiger partial charge in [-0.15, -0.1) is 0 Å². The summed E-state index contributed by atoms with van der Waals surface area (Å²) in [5, 5.41) is 3.20. The van der Waals surface area contributed by atoms with Crippen molar-refractivity contribution in [2.45, 2.75) is 19.9 Å². The van der Waals surface area contributed by atoms with Crippen molar-refractivity contribution >= 4 is 32.7 Å². The van der Waals surface area contributed by atoms with Crippen LogP contribution in [-0.2, 0) is 0 Å². The summed E-state index contributed by atoms with van der Waals surface area (Å²) in [4.78, 5) is 32.2. The van der Waals surface area contributed by atoms with Gasteiger partial charge in [-0.05, 0) is 19.9 Å². The average Bonchev–Trinajstić information content (AvgIpc) is 3.42. The second kappa shape index (κ2) is 6.52. The van der Waals surface area contributed by atoms with Crippen LogP contribution in [0.25, 0.3) is 32.5 Å². The maximum Gasteiger partial charge on any atom is 0.306 e. The summed E-state index contributed by atoms with van der Waals surface area (Å²) in [6, 6.07) is 1.67. The fourth-order valence-electron chi connectivity index (χ4n) is 3.75. The standard InChI is InChI=1S/C19H18N4O6S/c1-7(2)23-17-11(18(24)22-23)10(15-16(20-17)21-19(25)30-15)8-5-9(26-3)13-14(12(8)27-4)29-6-28-13/h5,7H,6H2,1-4H3,(H,22,24)(H,20,21,25). The zero-order valence-corrected chi connectivity index (χ0v) is 17.4. The Morgan fingerprint density at radius 2 is 1.97 bits per heavy atom. The van der Waals surface area contributed by atoms with Crippen molar-refractivity contribution in [2.24, 2.45) is 0 Å².